The van der Waals surface area contributed by atoms with Crippen LogP contribution in [-0.4, -0.2) is 18.5 Å². The van der Waals surface area contributed by atoms with E-state index in [2.05, 4.69) is 183 Å². The largest absolute Gasteiger partial charge is 0.309 e. The summed E-state index contributed by atoms with van der Waals surface area (Å²) in [4.78, 5) is 5.50. The molecule has 0 aliphatic rings. The molecule has 0 radical (unpaired) electrons. The third kappa shape index (κ3) is 3.60. The van der Waals surface area contributed by atoms with Gasteiger partial charge in [-0.25, -0.2) is 4.98 Å². The number of imidazole rings is 1. The van der Waals surface area contributed by atoms with E-state index >= 15 is 0 Å². The molecule has 4 aromatic heterocycles. The Hall–Kier alpha value is -6.65. The van der Waals surface area contributed by atoms with Crippen molar-refractivity contribution in [3.63, 3.8) is 0 Å². The Bertz CT molecular complexity index is 3090. The first-order valence-electron chi connectivity index (χ1n) is 16.7. The van der Waals surface area contributed by atoms with Crippen LogP contribution in [0.3, 0.4) is 0 Å². The van der Waals surface area contributed by atoms with Crippen molar-refractivity contribution in [2.75, 3.05) is 0 Å². The third-order valence-electron chi connectivity index (χ3n) is 10.2. The molecule has 0 saturated heterocycles. The van der Waals surface area contributed by atoms with E-state index in [1.54, 1.807) is 0 Å². The molecule has 0 unspecified atom stereocenters. The van der Waals surface area contributed by atoms with Gasteiger partial charge in [-0.1, -0.05) is 115 Å². The SMILES string of the molecule is c1ccc(-n2c3ccccc3c3c(-c4ccc5c(c4)c4nc6c7ccccc7c7ccccc7n6c4n5-c4ccccc4)cccc32)cc1. The summed E-state index contributed by atoms with van der Waals surface area (Å²) in [6.07, 6.45) is 0. The van der Waals surface area contributed by atoms with Crippen molar-refractivity contribution in [2.45, 2.75) is 0 Å². The summed E-state index contributed by atoms with van der Waals surface area (Å²) in [7, 11) is 0. The summed E-state index contributed by atoms with van der Waals surface area (Å²) < 4.78 is 7.14. The predicted octanol–water partition coefficient (Wildman–Crippen LogP) is 11.5. The van der Waals surface area contributed by atoms with Gasteiger partial charge in [0.2, 0.25) is 0 Å². The van der Waals surface area contributed by atoms with Crippen molar-refractivity contribution in [3.8, 4) is 22.5 Å². The zero-order chi connectivity index (χ0) is 32.1. The Morgan fingerprint density at radius 2 is 0.980 bits per heavy atom. The van der Waals surface area contributed by atoms with Gasteiger partial charge >= 0.3 is 0 Å². The van der Waals surface area contributed by atoms with Gasteiger partial charge in [-0.3, -0.25) is 8.97 Å². The molecule has 11 aromatic rings. The first-order chi connectivity index (χ1) is 24.3. The smallest absolute Gasteiger partial charge is 0.151 e. The van der Waals surface area contributed by atoms with Crippen LogP contribution in [0.2, 0.25) is 0 Å². The summed E-state index contributed by atoms with van der Waals surface area (Å²) in [6.45, 7) is 0. The van der Waals surface area contributed by atoms with Crippen LogP contribution in [0.4, 0.5) is 0 Å². The number of hydrogen-bond donors (Lipinski definition) is 0. The molecule has 0 saturated carbocycles. The fraction of sp³-hybridized carbons (Fsp3) is 0. The standard InChI is InChI=1S/C45H28N4/c1-3-14-30(15-4-1)47-39-24-12-10-21-36(39)42-32(22-13-25-41(42)47)29-26-27-40-37(28-29)43-45(48(40)31-16-5-2-6-17-31)49-38-23-11-9-19-34(38)33-18-7-8-20-35(33)44(49)46-43/h1-28H. The van der Waals surface area contributed by atoms with Gasteiger partial charge in [-0.15, -0.1) is 0 Å². The second kappa shape index (κ2) is 9.93. The fourth-order valence-corrected chi connectivity index (χ4v) is 8.17. The Balaban J connectivity index is 1.28. The van der Waals surface area contributed by atoms with E-state index in [4.69, 9.17) is 4.98 Å². The van der Waals surface area contributed by atoms with Crippen molar-refractivity contribution in [1.82, 2.24) is 18.5 Å². The normalized spacial score (nSPS) is 12.1. The highest BCUT2D eigenvalue weighted by atomic mass is 15.2. The Kier molecular flexibility index (Phi) is 5.35. The topological polar surface area (TPSA) is 27.2 Å². The second-order valence-corrected chi connectivity index (χ2v) is 12.8. The third-order valence-corrected chi connectivity index (χ3v) is 10.2. The molecule has 0 atom stereocenters. The summed E-state index contributed by atoms with van der Waals surface area (Å²) in [5.74, 6) is 0. The fourth-order valence-electron chi connectivity index (χ4n) is 8.17. The van der Waals surface area contributed by atoms with Crippen LogP contribution < -0.4 is 0 Å². The molecule has 4 heterocycles. The minimum atomic E-state index is 0.976. The summed E-state index contributed by atoms with van der Waals surface area (Å²) >= 11 is 0. The van der Waals surface area contributed by atoms with Crippen molar-refractivity contribution in [1.29, 1.82) is 0 Å². The molecular formula is C45H28N4. The highest BCUT2D eigenvalue weighted by molar-refractivity contribution is 6.19. The van der Waals surface area contributed by atoms with Crippen molar-refractivity contribution in [3.05, 3.63) is 170 Å². The first kappa shape index (κ1) is 26.4. The van der Waals surface area contributed by atoms with Crippen LogP contribution in [0.15, 0.2) is 170 Å². The van der Waals surface area contributed by atoms with Crippen molar-refractivity contribution in [2.24, 2.45) is 0 Å². The number of hydrogen-bond acceptors (Lipinski definition) is 1. The minimum absolute atomic E-state index is 0.976. The lowest BCUT2D eigenvalue weighted by molar-refractivity contribution is 1.12. The molecule has 11 rings (SSSR count). The van der Waals surface area contributed by atoms with E-state index < -0.39 is 0 Å². The van der Waals surface area contributed by atoms with Gasteiger partial charge in [0.1, 0.15) is 11.2 Å². The molecule has 0 amide bonds. The number of aromatic nitrogens is 4. The lowest BCUT2D eigenvalue weighted by atomic mass is 9.98. The molecule has 0 spiro atoms. The monoisotopic (exact) mass is 624 g/mol. The van der Waals surface area contributed by atoms with E-state index in [1.165, 1.54) is 43.7 Å². The second-order valence-electron chi connectivity index (χ2n) is 12.8. The maximum absolute atomic E-state index is 5.50. The summed E-state index contributed by atoms with van der Waals surface area (Å²) in [6, 6.07) is 61.1. The summed E-state index contributed by atoms with van der Waals surface area (Å²) in [5.41, 5.74) is 12.4. The zero-order valence-corrected chi connectivity index (χ0v) is 26.5. The van der Waals surface area contributed by atoms with Crippen LogP contribution in [0.1, 0.15) is 0 Å². The van der Waals surface area contributed by atoms with Gasteiger partial charge in [0.25, 0.3) is 0 Å². The molecule has 7 aromatic carbocycles. The van der Waals surface area contributed by atoms with Gasteiger partial charge in [-0.05, 0) is 71.1 Å². The number of rotatable bonds is 3. The van der Waals surface area contributed by atoms with E-state index in [1.807, 2.05) is 0 Å². The summed E-state index contributed by atoms with van der Waals surface area (Å²) in [5, 5.41) is 7.23. The van der Waals surface area contributed by atoms with Crippen LogP contribution in [0.5, 0.6) is 0 Å². The van der Waals surface area contributed by atoms with E-state index in [0.717, 1.165) is 50.0 Å². The average Bonchev–Trinajstić information content (AvgIpc) is 3.83. The van der Waals surface area contributed by atoms with Gasteiger partial charge in [0.05, 0.1) is 22.1 Å². The Morgan fingerprint density at radius 3 is 1.76 bits per heavy atom. The average molecular weight is 625 g/mol. The van der Waals surface area contributed by atoms with Crippen molar-refractivity contribution >= 4 is 71.2 Å². The number of nitrogens with zero attached hydrogens (tertiary/aromatic N) is 4. The Morgan fingerprint density at radius 1 is 0.388 bits per heavy atom. The van der Waals surface area contributed by atoms with Gasteiger partial charge < -0.3 is 4.57 Å². The molecule has 0 fully saturated rings. The molecule has 4 heteroatoms. The quantitative estimate of drug-likeness (QED) is 0.180. The van der Waals surface area contributed by atoms with Crippen LogP contribution in [0, 0.1) is 0 Å². The highest BCUT2D eigenvalue weighted by Crippen LogP contribution is 2.42. The van der Waals surface area contributed by atoms with Gasteiger partial charge in [0.15, 0.2) is 5.65 Å². The number of para-hydroxylation sites is 4. The molecule has 49 heavy (non-hydrogen) atoms. The molecule has 0 aliphatic heterocycles. The predicted molar refractivity (Wildman–Crippen MR) is 204 cm³/mol. The van der Waals surface area contributed by atoms with Crippen LogP contribution in [0.25, 0.3) is 93.7 Å². The van der Waals surface area contributed by atoms with E-state index in [0.29, 0.717) is 0 Å². The Labute approximate surface area is 281 Å². The van der Waals surface area contributed by atoms with Crippen LogP contribution in [-0.2, 0) is 0 Å². The number of pyridine rings is 1. The molecule has 0 aliphatic carbocycles. The number of benzene rings is 7. The van der Waals surface area contributed by atoms with E-state index in [9.17, 15) is 0 Å². The molecular weight excluding hydrogens is 597 g/mol. The lowest BCUT2D eigenvalue weighted by Gasteiger charge is -2.12. The zero-order valence-electron chi connectivity index (χ0n) is 26.5. The van der Waals surface area contributed by atoms with Crippen LogP contribution >= 0.6 is 0 Å². The molecule has 0 bridgehead atoms. The molecule has 228 valence electrons. The maximum atomic E-state index is 5.50. The van der Waals surface area contributed by atoms with E-state index in [-0.39, 0.29) is 0 Å². The first-order valence-corrected chi connectivity index (χ1v) is 16.7. The molecule has 4 nitrogen and oxygen atoms in total. The maximum Gasteiger partial charge on any atom is 0.151 e. The van der Waals surface area contributed by atoms with Gasteiger partial charge in [0, 0.05) is 38.3 Å². The highest BCUT2D eigenvalue weighted by Gasteiger charge is 2.23. The number of fused-ring (bicyclic) bond motifs is 13. The van der Waals surface area contributed by atoms with Gasteiger partial charge in [-0.2, -0.15) is 0 Å². The minimum Gasteiger partial charge on any atom is -0.309 e. The molecule has 0 N–H and O–H groups in total. The lowest BCUT2D eigenvalue weighted by Crippen LogP contribution is -1.99. The van der Waals surface area contributed by atoms with Crippen molar-refractivity contribution < 1.29 is 0 Å².